The van der Waals surface area contributed by atoms with Crippen molar-refractivity contribution in [3.05, 3.63) is 15.9 Å². The van der Waals surface area contributed by atoms with E-state index in [0.717, 1.165) is 25.7 Å². The van der Waals surface area contributed by atoms with E-state index in [0.29, 0.717) is 12.4 Å². The number of nitrogens with one attached hydrogen (secondary N) is 1. The molecule has 1 aliphatic carbocycles. The Morgan fingerprint density at radius 1 is 1.38 bits per heavy atom. The molecule has 1 aromatic heterocycles. The van der Waals surface area contributed by atoms with E-state index < -0.39 is 4.92 Å². The van der Waals surface area contributed by atoms with Crippen molar-refractivity contribution < 1.29 is 9.66 Å². The highest BCUT2D eigenvalue weighted by atomic mass is 16.6. The number of rotatable bonds is 6. The van der Waals surface area contributed by atoms with Gasteiger partial charge >= 0.3 is 5.69 Å². The summed E-state index contributed by atoms with van der Waals surface area (Å²) in [6, 6.07) is 0.246. The second kappa shape index (κ2) is 6.69. The molecule has 0 radical (unpaired) electrons. The predicted octanol–water partition coefficient (Wildman–Crippen LogP) is 3.08. The summed E-state index contributed by atoms with van der Waals surface area (Å²) in [5.74, 6) is 1.07. The van der Waals surface area contributed by atoms with Crippen molar-refractivity contribution in [2.75, 3.05) is 11.9 Å². The van der Waals surface area contributed by atoms with Crippen LogP contribution in [0.5, 0.6) is 5.88 Å². The van der Waals surface area contributed by atoms with Gasteiger partial charge in [0.05, 0.1) is 11.5 Å². The van der Waals surface area contributed by atoms with Crippen molar-refractivity contribution in [1.82, 2.24) is 9.97 Å². The molecular weight excluding hydrogens is 272 g/mol. The second-order valence-electron chi connectivity index (χ2n) is 5.86. The highest BCUT2D eigenvalue weighted by Gasteiger charge is 2.28. The number of ether oxygens (including phenoxy) is 1. The van der Waals surface area contributed by atoms with Crippen molar-refractivity contribution in [3.8, 4) is 5.88 Å². The molecule has 7 heteroatoms. The van der Waals surface area contributed by atoms with Crippen LogP contribution in [-0.2, 0) is 0 Å². The molecule has 0 unspecified atom stereocenters. The second-order valence-corrected chi connectivity index (χ2v) is 5.86. The van der Waals surface area contributed by atoms with Crippen LogP contribution in [-0.4, -0.2) is 27.5 Å². The summed E-state index contributed by atoms with van der Waals surface area (Å²) in [5, 5.41) is 14.6. The van der Waals surface area contributed by atoms with Crippen molar-refractivity contribution >= 4 is 11.5 Å². The minimum atomic E-state index is -0.466. The number of aromatic nitrogens is 2. The van der Waals surface area contributed by atoms with E-state index in [4.69, 9.17) is 4.74 Å². The first-order valence-corrected chi connectivity index (χ1v) is 7.39. The van der Waals surface area contributed by atoms with E-state index in [-0.39, 0.29) is 29.3 Å². The Hall–Kier alpha value is -1.92. The first kappa shape index (κ1) is 15.5. The topological polar surface area (TPSA) is 90.2 Å². The fourth-order valence-electron chi connectivity index (χ4n) is 2.42. The molecule has 1 aliphatic rings. The monoisotopic (exact) mass is 294 g/mol. The van der Waals surface area contributed by atoms with Gasteiger partial charge < -0.3 is 10.1 Å². The summed E-state index contributed by atoms with van der Waals surface area (Å²) >= 11 is 0. The fraction of sp³-hybridized carbons (Fsp3) is 0.714. The fourth-order valence-corrected chi connectivity index (χ4v) is 2.42. The Morgan fingerprint density at radius 2 is 2.05 bits per heavy atom. The third kappa shape index (κ3) is 4.03. The Kier molecular flexibility index (Phi) is 4.93. The van der Waals surface area contributed by atoms with Crippen LogP contribution in [0.15, 0.2) is 0 Å². The first-order chi connectivity index (χ1) is 9.97. The third-order valence-electron chi connectivity index (χ3n) is 3.40. The number of nitro groups is 1. The summed E-state index contributed by atoms with van der Waals surface area (Å²) in [4.78, 5) is 19.2. The number of anilines is 1. The summed E-state index contributed by atoms with van der Waals surface area (Å²) in [5.41, 5.74) is -0.159. The van der Waals surface area contributed by atoms with Crippen molar-refractivity contribution in [3.63, 3.8) is 0 Å². The quantitative estimate of drug-likeness (QED) is 0.640. The molecule has 0 amide bonds. The molecule has 0 bridgehead atoms. The molecule has 1 fully saturated rings. The summed E-state index contributed by atoms with van der Waals surface area (Å²) < 4.78 is 5.51. The largest absolute Gasteiger partial charge is 0.472 e. The maximum atomic E-state index is 11.4. The average Bonchev–Trinajstić information content (AvgIpc) is 2.88. The van der Waals surface area contributed by atoms with Crippen LogP contribution in [0.3, 0.4) is 0 Å². The third-order valence-corrected chi connectivity index (χ3v) is 3.40. The zero-order chi connectivity index (χ0) is 15.4. The predicted molar refractivity (Wildman–Crippen MR) is 79.6 cm³/mol. The molecule has 1 aromatic rings. The molecule has 7 nitrogen and oxygen atoms in total. The van der Waals surface area contributed by atoms with Gasteiger partial charge in [-0.1, -0.05) is 26.7 Å². The summed E-state index contributed by atoms with van der Waals surface area (Å²) in [6.07, 6.45) is 4.32. The van der Waals surface area contributed by atoms with Crippen molar-refractivity contribution in [1.29, 1.82) is 0 Å². The van der Waals surface area contributed by atoms with Crippen LogP contribution >= 0.6 is 0 Å². The van der Waals surface area contributed by atoms with Crippen LogP contribution < -0.4 is 10.1 Å². The number of nitrogens with zero attached hydrogens (tertiary/aromatic N) is 3. The zero-order valence-electron chi connectivity index (χ0n) is 12.8. The van der Waals surface area contributed by atoms with Gasteiger partial charge in [0.25, 0.3) is 5.88 Å². The molecule has 0 saturated heterocycles. The highest BCUT2D eigenvalue weighted by molar-refractivity contribution is 5.62. The zero-order valence-corrected chi connectivity index (χ0v) is 12.8. The lowest BCUT2D eigenvalue weighted by Gasteiger charge is -2.15. The molecular formula is C14H22N4O3. The maximum absolute atomic E-state index is 11.4. The molecule has 1 N–H and O–H groups in total. The number of hydrogen-bond donors (Lipinski definition) is 1. The average molecular weight is 294 g/mol. The molecule has 2 rings (SSSR count). The normalized spacial score (nSPS) is 15.4. The van der Waals surface area contributed by atoms with Crippen molar-refractivity contribution in [2.45, 2.75) is 52.5 Å². The van der Waals surface area contributed by atoms with Crippen LogP contribution in [0.4, 0.5) is 11.5 Å². The van der Waals surface area contributed by atoms with E-state index >= 15 is 0 Å². The van der Waals surface area contributed by atoms with E-state index in [2.05, 4.69) is 15.3 Å². The standard InChI is InChI=1S/C14H22N4O3/c1-9(2)8-21-14-12(18(19)20)13(15-10(3)16-14)17-11-6-4-5-7-11/h9,11H,4-8H2,1-3H3,(H,15,16,17). The van der Waals surface area contributed by atoms with Crippen LogP contribution in [0.25, 0.3) is 0 Å². The van der Waals surface area contributed by atoms with Gasteiger partial charge in [-0.05, 0) is 25.7 Å². The van der Waals surface area contributed by atoms with E-state index in [1.807, 2.05) is 13.8 Å². The lowest BCUT2D eigenvalue weighted by Crippen LogP contribution is -2.18. The minimum Gasteiger partial charge on any atom is -0.472 e. The van der Waals surface area contributed by atoms with Gasteiger partial charge in [0, 0.05) is 6.04 Å². The van der Waals surface area contributed by atoms with Gasteiger partial charge in [0.1, 0.15) is 5.82 Å². The van der Waals surface area contributed by atoms with Gasteiger partial charge in [-0.2, -0.15) is 4.98 Å². The lowest BCUT2D eigenvalue weighted by molar-refractivity contribution is -0.385. The van der Waals surface area contributed by atoms with E-state index in [1.54, 1.807) is 6.92 Å². The summed E-state index contributed by atoms with van der Waals surface area (Å²) in [7, 11) is 0. The Bertz CT molecular complexity index is 513. The van der Waals surface area contributed by atoms with Crippen molar-refractivity contribution in [2.24, 2.45) is 5.92 Å². The van der Waals surface area contributed by atoms with E-state index in [1.165, 1.54) is 0 Å². The van der Waals surface area contributed by atoms with Crippen LogP contribution in [0, 0.1) is 23.0 Å². The minimum absolute atomic E-state index is 0.0571. The first-order valence-electron chi connectivity index (χ1n) is 7.39. The van der Waals surface area contributed by atoms with Crippen LogP contribution in [0.2, 0.25) is 0 Å². The molecule has 1 heterocycles. The van der Waals surface area contributed by atoms with Gasteiger partial charge in [-0.15, -0.1) is 0 Å². The molecule has 116 valence electrons. The van der Waals surface area contributed by atoms with E-state index in [9.17, 15) is 10.1 Å². The number of hydrogen-bond acceptors (Lipinski definition) is 6. The molecule has 0 aliphatic heterocycles. The molecule has 21 heavy (non-hydrogen) atoms. The Labute approximate surface area is 124 Å². The molecule has 1 saturated carbocycles. The summed E-state index contributed by atoms with van der Waals surface area (Å²) in [6.45, 7) is 6.07. The molecule has 0 spiro atoms. The molecule has 0 aromatic carbocycles. The van der Waals surface area contributed by atoms with Gasteiger partial charge in [0.15, 0.2) is 0 Å². The van der Waals surface area contributed by atoms with Crippen LogP contribution in [0.1, 0.15) is 45.4 Å². The number of aryl methyl sites for hydroxylation is 1. The maximum Gasteiger partial charge on any atom is 0.372 e. The SMILES string of the molecule is Cc1nc(NC2CCCC2)c([N+](=O)[O-])c(OCC(C)C)n1. The smallest absolute Gasteiger partial charge is 0.372 e. The molecule has 0 atom stereocenters. The Morgan fingerprint density at radius 3 is 2.62 bits per heavy atom. The van der Waals surface area contributed by atoms with Gasteiger partial charge in [-0.3, -0.25) is 10.1 Å². The Balaban J connectivity index is 2.30. The highest BCUT2D eigenvalue weighted by Crippen LogP contribution is 2.34. The lowest BCUT2D eigenvalue weighted by atomic mass is 10.2. The van der Waals surface area contributed by atoms with Gasteiger partial charge in [-0.25, -0.2) is 4.98 Å². The van der Waals surface area contributed by atoms with Gasteiger partial charge in [0.2, 0.25) is 5.82 Å².